The quantitative estimate of drug-likeness (QED) is 0.818. The summed E-state index contributed by atoms with van der Waals surface area (Å²) >= 11 is 0. The van der Waals surface area contributed by atoms with Gasteiger partial charge in [0, 0.05) is 29.6 Å². The monoisotopic (exact) mass is 359 g/mol. The van der Waals surface area contributed by atoms with Crippen LogP contribution in [-0.2, 0) is 4.74 Å². The molecule has 2 N–H and O–H groups in total. The second kappa shape index (κ2) is 7.07. The molecule has 2 aromatic rings. The molecule has 3 atom stereocenters. The molecule has 0 saturated carbocycles. The summed E-state index contributed by atoms with van der Waals surface area (Å²) in [6.07, 6.45) is 1.07. The van der Waals surface area contributed by atoms with E-state index < -0.39 is 29.8 Å². The van der Waals surface area contributed by atoms with Gasteiger partial charge in [0.05, 0.1) is 18.7 Å². The zero-order valence-corrected chi connectivity index (χ0v) is 15.3. The van der Waals surface area contributed by atoms with Gasteiger partial charge in [0.15, 0.2) is 0 Å². The maximum absolute atomic E-state index is 12.6. The molecule has 3 rings (SSSR count). The van der Waals surface area contributed by atoms with E-state index in [2.05, 4.69) is 10.2 Å². The van der Waals surface area contributed by atoms with E-state index in [-0.39, 0.29) is 6.54 Å². The van der Waals surface area contributed by atoms with Crippen LogP contribution in [-0.4, -0.2) is 51.9 Å². The van der Waals surface area contributed by atoms with Crippen molar-refractivity contribution in [1.82, 2.24) is 9.88 Å². The second-order valence-corrected chi connectivity index (χ2v) is 7.73. The van der Waals surface area contributed by atoms with Crippen LogP contribution < -0.4 is 0 Å². The number of amides is 1. The third-order valence-electron chi connectivity index (χ3n) is 4.75. The number of nitroso groups, excluding NO2 is 1. The predicted octanol–water partition coefficient (Wildman–Crippen LogP) is 3.39. The highest BCUT2D eigenvalue weighted by atomic mass is 16.6. The molecule has 0 unspecified atom stereocenters. The van der Waals surface area contributed by atoms with Crippen molar-refractivity contribution < 1.29 is 14.6 Å². The van der Waals surface area contributed by atoms with Gasteiger partial charge in [-0.1, -0.05) is 23.4 Å². The Kier molecular flexibility index (Phi) is 5.00. The second-order valence-electron chi connectivity index (χ2n) is 7.73. The first kappa shape index (κ1) is 18.4. The summed E-state index contributed by atoms with van der Waals surface area (Å²) in [7, 11) is 0. The Morgan fingerprint density at radius 3 is 2.85 bits per heavy atom. The minimum Gasteiger partial charge on any atom is -0.444 e. The summed E-state index contributed by atoms with van der Waals surface area (Å²) in [4.78, 5) is 28.5. The summed E-state index contributed by atoms with van der Waals surface area (Å²) < 4.78 is 5.49. The molecule has 1 saturated heterocycles. The fourth-order valence-electron chi connectivity index (χ4n) is 3.69. The maximum atomic E-state index is 12.6. The highest BCUT2D eigenvalue weighted by Gasteiger charge is 2.44. The lowest BCUT2D eigenvalue weighted by molar-refractivity contribution is 0.0121. The van der Waals surface area contributed by atoms with Crippen molar-refractivity contribution in [2.24, 2.45) is 5.18 Å². The fraction of sp³-hybridized carbons (Fsp3) is 0.526. The molecule has 1 fully saturated rings. The molecule has 1 aromatic carbocycles. The van der Waals surface area contributed by atoms with Gasteiger partial charge in [-0.3, -0.25) is 0 Å². The van der Waals surface area contributed by atoms with Gasteiger partial charge in [0.25, 0.3) is 0 Å². The van der Waals surface area contributed by atoms with Gasteiger partial charge in [-0.2, -0.15) is 4.91 Å². The largest absolute Gasteiger partial charge is 0.444 e. The van der Waals surface area contributed by atoms with E-state index in [1.807, 2.05) is 30.5 Å². The van der Waals surface area contributed by atoms with Gasteiger partial charge in [-0.25, -0.2) is 4.79 Å². The van der Waals surface area contributed by atoms with Gasteiger partial charge in [-0.05, 0) is 38.8 Å². The molecule has 26 heavy (non-hydrogen) atoms. The third-order valence-corrected chi connectivity index (χ3v) is 4.75. The number of aromatic amines is 1. The minimum absolute atomic E-state index is 0.0249. The van der Waals surface area contributed by atoms with Crippen LogP contribution in [0.15, 0.2) is 35.6 Å². The van der Waals surface area contributed by atoms with Crippen molar-refractivity contribution >= 4 is 17.0 Å². The zero-order valence-electron chi connectivity index (χ0n) is 15.3. The van der Waals surface area contributed by atoms with Gasteiger partial charge in [0.2, 0.25) is 0 Å². The molecule has 140 valence electrons. The summed E-state index contributed by atoms with van der Waals surface area (Å²) in [6.45, 7) is 5.77. The summed E-state index contributed by atoms with van der Waals surface area (Å²) in [5.41, 5.74) is 1.18. The van der Waals surface area contributed by atoms with Crippen LogP contribution in [0.4, 0.5) is 4.79 Å². The molecule has 1 aliphatic heterocycles. The van der Waals surface area contributed by atoms with E-state index in [1.165, 1.54) is 4.90 Å². The first-order chi connectivity index (χ1) is 12.3. The summed E-state index contributed by atoms with van der Waals surface area (Å²) in [5.74, 6) is -0.409. The number of nitrogens with zero attached hydrogens (tertiary/aromatic N) is 2. The highest BCUT2D eigenvalue weighted by Crippen LogP contribution is 2.36. The smallest absolute Gasteiger partial charge is 0.410 e. The molecular weight excluding hydrogens is 334 g/mol. The molecule has 0 aliphatic carbocycles. The van der Waals surface area contributed by atoms with Crippen LogP contribution in [0.2, 0.25) is 0 Å². The number of H-pyrrole nitrogens is 1. The number of rotatable bonds is 4. The average molecular weight is 359 g/mol. The van der Waals surface area contributed by atoms with E-state index in [9.17, 15) is 14.8 Å². The van der Waals surface area contributed by atoms with Crippen molar-refractivity contribution in [3.05, 3.63) is 40.9 Å². The Balaban J connectivity index is 1.97. The SMILES string of the molecule is CC(C)(C)OC(=O)N1CC[C@H](O)[C@H]1[C@H](CN=O)c1c[nH]c2ccccc12. The van der Waals surface area contributed by atoms with Crippen molar-refractivity contribution in [3.63, 3.8) is 0 Å². The van der Waals surface area contributed by atoms with E-state index in [1.54, 1.807) is 20.8 Å². The number of hydrogen-bond acceptors (Lipinski definition) is 5. The number of carbonyl (C=O) groups excluding carboxylic acids is 1. The molecule has 7 heteroatoms. The number of benzene rings is 1. The summed E-state index contributed by atoms with van der Waals surface area (Å²) in [5, 5.41) is 14.6. The van der Waals surface area contributed by atoms with Crippen LogP contribution in [0.5, 0.6) is 0 Å². The number of likely N-dealkylation sites (tertiary alicyclic amines) is 1. The number of aliphatic hydroxyl groups is 1. The van der Waals surface area contributed by atoms with Crippen LogP contribution in [0.25, 0.3) is 10.9 Å². The number of fused-ring (bicyclic) bond motifs is 1. The Labute approximate surface area is 152 Å². The number of aliphatic hydroxyl groups excluding tert-OH is 1. The fourth-order valence-corrected chi connectivity index (χ4v) is 3.69. The highest BCUT2D eigenvalue weighted by molar-refractivity contribution is 5.84. The molecule has 0 radical (unpaired) electrons. The normalized spacial score (nSPS) is 21.8. The number of carbonyl (C=O) groups is 1. The van der Waals surface area contributed by atoms with E-state index in [0.717, 1.165) is 16.5 Å². The van der Waals surface area contributed by atoms with Crippen molar-refractivity contribution in [2.45, 2.75) is 50.9 Å². The molecule has 7 nitrogen and oxygen atoms in total. The molecule has 1 amide bonds. The number of nitrogens with one attached hydrogen (secondary N) is 1. The van der Waals surface area contributed by atoms with Crippen molar-refractivity contribution in [1.29, 1.82) is 0 Å². The van der Waals surface area contributed by atoms with Crippen LogP contribution in [0.1, 0.15) is 38.7 Å². The lowest BCUT2D eigenvalue weighted by atomic mass is 9.88. The number of aromatic nitrogens is 1. The number of para-hydroxylation sites is 1. The Morgan fingerprint density at radius 1 is 1.42 bits per heavy atom. The standard InChI is InChI=1S/C19H25N3O4/c1-19(2,3)26-18(24)22-9-8-16(23)17(22)14(11-21-25)13-10-20-15-7-5-4-6-12(13)15/h4-7,10,14,16-17,20,23H,8-9,11H2,1-3H3/t14-,16+,17-/m1/s1. The van der Waals surface area contributed by atoms with Crippen molar-refractivity contribution in [3.8, 4) is 0 Å². The Bertz CT molecular complexity index is 795. The van der Waals surface area contributed by atoms with Crippen molar-refractivity contribution in [2.75, 3.05) is 13.1 Å². The van der Waals surface area contributed by atoms with E-state index in [0.29, 0.717) is 13.0 Å². The minimum atomic E-state index is -0.733. The Hall–Kier alpha value is -2.41. The Morgan fingerprint density at radius 2 is 2.15 bits per heavy atom. The van der Waals surface area contributed by atoms with Crippen LogP contribution in [0.3, 0.4) is 0 Å². The molecule has 0 bridgehead atoms. The third kappa shape index (κ3) is 3.58. The van der Waals surface area contributed by atoms with Gasteiger partial charge in [0.1, 0.15) is 5.60 Å². The van der Waals surface area contributed by atoms with Crippen LogP contribution >= 0.6 is 0 Å². The van der Waals surface area contributed by atoms with Gasteiger partial charge in [-0.15, -0.1) is 0 Å². The number of hydrogen-bond donors (Lipinski definition) is 2. The summed E-state index contributed by atoms with van der Waals surface area (Å²) in [6, 6.07) is 7.19. The lowest BCUT2D eigenvalue weighted by Gasteiger charge is -2.33. The topological polar surface area (TPSA) is 95.0 Å². The van der Waals surface area contributed by atoms with Gasteiger partial charge < -0.3 is 19.7 Å². The first-order valence-corrected chi connectivity index (χ1v) is 8.84. The van der Waals surface area contributed by atoms with E-state index in [4.69, 9.17) is 4.74 Å². The predicted molar refractivity (Wildman–Crippen MR) is 99.1 cm³/mol. The molecular formula is C19H25N3O4. The molecule has 0 spiro atoms. The number of ether oxygens (including phenoxy) is 1. The lowest BCUT2D eigenvalue weighted by Crippen LogP contribution is -2.46. The maximum Gasteiger partial charge on any atom is 0.410 e. The molecule has 2 heterocycles. The van der Waals surface area contributed by atoms with Gasteiger partial charge >= 0.3 is 6.09 Å². The average Bonchev–Trinajstić information content (AvgIpc) is 3.15. The molecule has 1 aliphatic rings. The zero-order chi connectivity index (χ0) is 18.9. The van der Waals surface area contributed by atoms with Crippen LogP contribution in [0, 0.1) is 4.91 Å². The van der Waals surface area contributed by atoms with E-state index >= 15 is 0 Å². The first-order valence-electron chi connectivity index (χ1n) is 8.84. The molecule has 1 aromatic heterocycles.